The number of halogens is 1. The van der Waals surface area contributed by atoms with Gasteiger partial charge < -0.3 is 19.0 Å². The number of hydrogen-bond donors (Lipinski definition) is 1. The highest BCUT2D eigenvalue weighted by Gasteiger charge is 2.26. The van der Waals surface area contributed by atoms with Crippen LogP contribution in [0.3, 0.4) is 0 Å². The minimum absolute atomic E-state index is 0.0139. The first-order valence-corrected chi connectivity index (χ1v) is 6.23. The molecule has 0 bridgehead atoms. The minimum atomic E-state index is -0.727. The van der Waals surface area contributed by atoms with E-state index < -0.39 is 11.9 Å². The minimum Gasteiger partial charge on any atom is -0.508 e. The largest absolute Gasteiger partial charge is 0.508 e. The first-order valence-electron chi connectivity index (χ1n) is 5.85. The summed E-state index contributed by atoms with van der Waals surface area (Å²) in [4.78, 5) is 11.8. The monoisotopic (exact) mass is 296 g/mol. The van der Waals surface area contributed by atoms with Gasteiger partial charge in [0, 0.05) is 6.07 Å². The van der Waals surface area contributed by atoms with Crippen molar-refractivity contribution in [1.82, 2.24) is 0 Å². The van der Waals surface area contributed by atoms with Crippen LogP contribution < -0.4 is 4.74 Å². The lowest BCUT2D eigenvalue weighted by Crippen LogP contribution is -2.20. The molecule has 0 aliphatic carbocycles. The molecule has 0 amide bonds. The highest BCUT2D eigenvalue weighted by molar-refractivity contribution is 6.28. The van der Waals surface area contributed by atoms with E-state index in [0.29, 0.717) is 11.5 Å². The lowest BCUT2D eigenvalue weighted by Gasteiger charge is -2.13. The molecular weight excluding hydrogens is 284 g/mol. The Morgan fingerprint density at radius 2 is 2.20 bits per heavy atom. The van der Waals surface area contributed by atoms with Gasteiger partial charge in [0.25, 0.3) is 0 Å². The summed E-state index contributed by atoms with van der Waals surface area (Å²) in [5.74, 6) is -0.331. The topological polar surface area (TPSA) is 68.9 Å². The number of carbonyl (C=O) groups is 1. The highest BCUT2D eigenvalue weighted by Crippen LogP contribution is 2.25. The zero-order chi connectivity index (χ0) is 14.5. The van der Waals surface area contributed by atoms with E-state index in [0.717, 1.165) is 0 Å². The molecule has 1 atom stereocenters. The first kappa shape index (κ1) is 14.3. The summed E-state index contributed by atoms with van der Waals surface area (Å²) in [5.41, 5.74) is 0. The van der Waals surface area contributed by atoms with Crippen LogP contribution in [0.4, 0.5) is 0 Å². The molecule has 1 unspecified atom stereocenters. The standard InChI is InChI=1S/C14H13ClO5/c1-18-14(17)11(12-5-6-13(15)20-12)8-19-10-4-2-3-9(16)7-10/h2-7,11,16H,8H2,1H3. The molecule has 0 aliphatic rings. The van der Waals surface area contributed by atoms with Crippen LogP contribution in [0.5, 0.6) is 11.5 Å². The number of esters is 1. The Hall–Kier alpha value is -2.14. The summed E-state index contributed by atoms with van der Waals surface area (Å²) < 4.78 is 15.4. The van der Waals surface area contributed by atoms with Crippen LogP contribution in [0.25, 0.3) is 0 Å². The van der Waals surface area contributed by atoms with Crippen LogP contribution >= 0.6 is 11.6 Å². The van der Waals surface area contributed by atoms with Crippen LogP contribution in [0, 0.1) is 0 Å². The quantitative estimate of drug-likeness (QED) is 0.859. The maximum absolute atomic E-state index is 11.8. The number of hydrogen-bond acceptors (Lipinski definition) is 5. The van der Waals surface area contributed by atoms with Gasteiger partial charge in [0.1, 0.15) is 29.8 Å². The van der Waals surface area contributed by atoms with Gasteiger partial charge in [0.15, 0.2) is 5.22 Å². The SMILES string of the molecule is COC(=O)C(COc1cccc(O)c1)c1ccc(Cl)o1. The van der Waals surface area contributed by atoms with Crippen LogP contribution in [0.1, 0.15) is 11.7 Å². The maximum Gasteiger partial charge on any atom is 0.319 e. The number of aromatic hydroxyl groups is 1. The van der Waals surface area contributed by atoms with Crippen LogP contribution in [-0.4, -0.2) is 24.8 Å². The highest BCUT2D eigenvalue weighted by atomic mass is 35.5. The second-order valence-corrected chi connectivity index (χ2v) is 4.40. The molecule has 1 aromatic heterocycles. The molecule has 1 aromatic carbocycles. The van der Waals surface area contributed by atoms with Crippen LogP contribution in [0.2, 0.25) is 5.22 Å². The molecule has 0 spiro atoms. The Morgan fingerprint density at radius 1 is 1.40 bits per heavy atom. The molecule has 6 heteroatoms. The normalized spacial score (nSPS) is 11.9. The number of benzene rings is 1. The lowest BCUT2D eigenvalue weighted by atomic mass is 10.1. The van der Waals surface area contributed by atoms with Crippen molar-refractivity contribution in [1.29, 1.82) is 0 Å². The Balaban J connectivity index is 2.11. The van der Waals surface area contributed by atoms with Gasteiger partial charge in [-0.2, -0.15) is 0 Å². The Bertz CT molecular complexity index is 593. The van der Waals surface area contributed by atoms with Gasteiger partial charge in [-0.3, -0.25) is 4.79 Å². The van der Waals surface area contributed by atoms with E-state index in [9.17, 15) is 9.90 Å². The van der Waals surface area contributed by atoms with Gasteiger partial charge in [-0.05, 0) is 35.9 Å². The fourth-order valence-electron chi connectivity index (χ4n) is 1.68. The van der Waals surface area contributed by atoms with E-state index in [1.165, 1.54) is 19.2 Å². The molecular formula is C14H13ClO5. The third-order valence-corrected chi connectivity index (χ3v) is 2.86. The third-order valence-electron chi connectivity index (χ3n) is 2.66. The van der Waals surface area contributed by atoms with Gasteiger partial charge in [0.05, 0.1) is 7.11 Å². The molecule has 0 aliphatic heterocycles. The molecule has 106 valence electrons. The fourth-order valence-corrected chi connectivity index (χ4v) is 1.83. The Morgan fingerprint density at radius 3 is 2.80 bits per heavy atom. The Labute approximate surface area is 120 Å². The lowest BCUT2D eigenvalue weighted by molar-refractivity contribution is -0.143. The number of carbonyl (C=O) groups excluding carboxylic acids is 1. The number of ether oxygens (including phenoxy) is 2. The van der Waals surface area contributed by atoms with Crippen molar-refractivity contribution in [2.45, 2.75) is 5.92 Å². The van der Waals surface area contributed by atoms with E-state index in [-0.39, 0.29) is 17.6 Å². The van der Waals surface area contributed by atoms with Crippen LogP contribution in [-0.2, 0) is 9.53 Å². The summed E-state index contributed by atoms with van der Waals surface area (Å²) in [6, 6.07) is 9.42. The van der Waals surface area contributed by atoms with Crippen LogP contribution in [0.15, 0.2) is 40.8 Å². The zero-order valence-corrected chi connectivity index (χ0v) is 11.5. The van der Waals surface area contributed by atoms with Crippen molar-refractivity contribution in [3.63, 3.8) is 0 Å². The molecule has 0 fully saturated rings. The van der Waals surface area contributed by atoms with Crippen molar-refractivity contribution in [2.75, 3.05) is 13.7 Å². The van der Waals surface area contributed by atoms with E-state index >= 15 is 0 Å². The summed E-state index contributed by atoms with van der Waals surface area (Å²) in [6.45, 7) is 0.0139. The van der Waals surface area contributed by atoms with E-state index in [1.807, 2.05) is 0 Å². The average molecular weight is 297 g/mol. The van der Waals surface area contributed by atoms with E-state index in [2.05, 4.69) is 0 Å². The molecule has 1 heterocycles. The summed E-state index contributed by atoms with van der Waals surface area (Å²) >= 11 is 5.70. The molecule has 2 rings (SSSR count). The first-order chi connectivity index (χ1) is 9.60. The number of rotatable bonds is 5. The summed E-state index contributed by atoms with van der Waals surface area (Å²) in [6.07, 6.45) is 0. The van der Waals surface area contributed by atoms with Crippen molar-refractivity contribution < 1.29 is 23.8 Å². The molecule has 20 heavy (non-hydrogen) atoms. The molecule has 1 N–H and O–H groups in total. The fraction of sp³-hybridized carbons (Fsp3) is 0.214. The van der Waals surface area contributed by atoms with Gasteiger partial charge in [0.2, 0.25) is 0 Å². The maximum atomic E-state index is 11.8. The predicted octanol–water partition coefficient (Wildman–Crippen LogP) is 2.97. The van der Waals surface area contributed by atoms with Gasteiger partial charge in [-0.1, -0.05) is 6.07 Å². The van der Waals surface area contributed by atoms with Crippen molar-refractivity contribution in [2.24, 2.45) is 0 Å². The van der Waals surface area contributed by atoms with Gasteiger partial charge >= 0.3 is 5.97 Å². The predicted molar refractivity (Wildman–Crippen MR) is 72.1 cm³/mol. The second-order valence-electron chi connectivity index (χ2n) is 4.03. The second kappa shape index (κ2) is 6.34. The van der Waals surface area contributed by atoms with E-state index in [1.54, 1.807) is 24.3 Å². The van der Waals surface area contributed by atoms with Gasteiger partial charge in [-0.15, -0.1) is 0 Å². The Kier molecular flexibility index (Phi) is 4.53. The van der Waals surface area contributed by atoms with E-state index in [4.69, 9.17) is 25.5 Å². The molecule has 0 radical (unpaired) electrons. The summed E-state index contributed by atoms with van der Waals surface area (Å²) in [5, 5.41) is 9.53. The number of phenolic OH excluding ortho intramolecular Hbond substituents is 1. The number of methoxy groups -OCH3 is 1. The summed E-state index contributed by atoms with van der Waals surface area (Å²) in [7, 11) is 1.29. The molecule has 0 saturated heterocycles. The smallest absolute Gasteiger partial charge is 0.319 e. The van der Waals surface area contributed by atoms with Crippen molar-refractivity contribution >= 4 is 17.6 Å². The zero-order valence-electron chi connectivity index (χ0n) is 10.7. The van der Waals surface area contributed by atoms with Crippen molar-refractivity contribution in [3.8, 4) is 11.5 Å². The molecule has 2 aromatic rings. The molecule has 5 nitrogen and oxygen atoms in total. The average Bonchev–Trinajstić information content (AvgIpc) is 2.85. The number of phenols is 1. The third kappa shape index (κ3) is 3.45. The number of furan rings is 1. The van der Waals surface area contributed by atoms with Gasteiger partial charge in [-0.25, -0.2) is 0 Å². The van der Waals surface area contributed by atoms with Crippen molar-refractivity contribution in [3.05, 3.63) is 47.4 Å². The molecule has 0 saturated carbocycles.